The number of piperidine rings is 3. The second-order valence-corrected chi connectivity index (χ2v) is 11.9. The first-order chi connectivity index (χ1) is 18.2. The fourth-order valence-electron chi connectivity index (χ4n) is 6.68. The van der Waals surface area contributed by atoms with Crippen LogP contribution in [0.15, 0.2) is 83.8 Å². The monoisotopic (exact) mass is 534 g/mol. The topological polar surface area (TPSA) is 98.1 Å². The molecule has 8 heteroatoms. The van der Waals surface area contributed by atoms with Gasteiger partial charge in [0.1, 0.15) is 5.54 Å². The molecule has 2 bridgehead atoms. The van der Waals surface area contributed by atoms with Crippen molar-refractivity contribution in [3.63, 3.8) is 0 Å². The van der Waals surface area contributed by atoms with Gasteiger partial charge < -0.3 is 10.0 Å². The third-order valence-corrected chi connectivity index (χ3v) is 9.28. The second kappa shape index (κ2) is 10.5. The van der Waals surface area contributed by atoms with Crippen LogP contribution in [-0.2, 0) is 22.1 Å². The van der Waals surface area contributed by atoms with Crippen LogP contribution in [0.5, 0.6) is 0 Å². The molecule has 2 N–H and O–H groups in total. The van der Waals surface area contributed by atoms with Crippen LogP contribution in [0.25, 0.3) is 0 Å². The number of hydrogen-bond donors (Lipinski definition) is 2. The highest BCUT2D eigenvalue weighted by molar-refractivity contribution is 7.85. The number of fused-ring (bicyclic) bond motifs is 4. The normalized spacial score (nSPS) is 26.2. The molecule has 3 saturated heterocycles. The molecule has 38 heavy (non-hydrogen) atoms. The lowest BCUT2D eigenvalue weighted by Gasteiger charge is -2.58. The summed E-state index contributed by atoms with van der Waals surface area (Å²) in [4.78, 5) is 16.7. The van der Waals surface area contributed by atoms with E-state index in [4.69, 9.17) is 4.55 Å². The van der Waals surface area contributed by atoms with Crippen LogP contribution in [-0.4, -0.2) is 60.1 Å². The average molecular weight is 535 g/mol. The predicted octanol–water partition coefficient (Wildman–Crippen LogP) is 5.05. The Morgan fingerprint density at radius 3 is 2.11 bits per heavy atom. The second-order valence-electron chi connectivity index (χ2n) is 10.5. The smallest absolute Gasteiger partial charge is 0.408 e. The quantitative estimate of drug-likeness (QED) is 0.457. The number of nitrogens with zero attached hydrogens (tertiary/aromatic N) is 2. The van der Waals surface area contributed by atoms with E-state index in [-0.39, 0.29) is 4.90 Å². The number of amides is 1. The molecule has 4 aliphatic rings. The third-order valence-electron chi connectivity index (χ3n) is 8.41. The molecule has 3 aromatic carbocycles. The van der Waals surface area contributed by atoms with E-state index in [1.54, 1.807) is 17.0 Å². The van der Waals surface area contributed by atoms with Gasteiger partial charge in [-0.3, -0.25) is 9.45 Å². The molecule has 1 amide bonds. The molecular formula is C30H34N2O5S. The predicted molar refractivity (Wildman–Crippen MR) is 146 cm³/mol. The molecule has 0 spiro atoms. The van der Waals surface area contributed by atoms with Crippen LogP contribution >= 0.6 is 0 Å². The highest BCUT2D eigenvalue weighted by atomic mass is 32.2. The van der Waals surface area contributed by atoms with Crippen molar-refractivity contribution in [3.05, 3.63) is 101 Å². The van der Waals surface area contributed by atoms with E-state index in [1.807, 2.05) is 13.0 Å². The van der Waals surface area contributed by atoms with Crippen molar-refractivity contribution in [2.45, 2.75) is 36.6 Å². The highest BCUT2D eigenvalue weighted by Crippen LogP contribution is 2.53. The van der Waals surface area contributed by atoms with Crippen molar-refractivity contribution in [1.29, 1.82) is 0 Å². The molecule has 2 atom stereocenters. The molecule has 0 aliphatic carbocycles. The van der Waals surface area contributed by atoms with Crippen LogP contribution in [0.1, 0.15) is 35.1 Å². The van der Waals surface area contributed by atoms with Crippen LogP contribution in [0.4, 0.5) is 4.79 Å². The van der Waals surface area contributed by atoms with Crippen molar-refractivity contribution in [1.82, 2.24) is 9.80 Å². The van der Waals surface area contributed by atoms with E-state index in [9.17, 15) is 18.3 Å². The number of rotatable bonds is 3. The maximum Gasteiger partial charge on any atom is 0.408 e. The molecule has 0 saturated carbocycles. The van der Waals surface area contributed by atoms with Gasteiger partial charge in [-0.05, 0) is 74.0 Å². The molecule has 3 aromatic rings. The summed E-state index contributed by atoms with van der Waals surface area (Å²) in [5, 5.41) is 10.3. The molecule has 7 rings (SSSR count). The number of aryl methyl sites for hydroxylation is 1. The van der Waals surface area contributed by atoms with E-state index in [0.29, 0.717) is 18.4 Å². The number of benzene rings is 3. The Morgan fingerprint density at radius 2 is 1.53 bits per heavy atom. The maximum absolute atomic E-state index is 12.5. The van der Waals surface area contributed by atoms with E-state index in [1.165, 1.54) is 36.1 Å². The minimum absolute atomic E-state index is 0.0666. The summed E-state index contributed by atoms with van der Waals surface area (Å²) in [6, 6.07) is 24.9. The first-order valence-corrected chi connectivity index (χ1v) is 14.6. The Balaban J connectivity index is 0.000000226. The standard InChI is InChI=1S/C23H26N2O2.C7H8O3S/c26-22(27)25-15-12-17-6-4-5-9-20(17)23(25,19-7-2-1-3-8-19)21-16-24-13-10-18(21)11-14-24;1-6-2-4-7(5-3-6)11(8,9)10/h1-9,18,21H,10-16H2,(H,26,27);2-5H,1H3,(H,8,9,10)/t21-,23+;/m0./s1. The minimum atomic E-state index is -4.02. The van der Waals surface area contributed by atoms with E-state index >= 15 is 0 Å². The first kappa shape index (κ1) is 26.4. The summed E-state index contributed by atoms with van der Waals surface area (Å²) in [5.74, 6) is 0.864. The zero-order chi connectivity index (χ0) is 26.9. The lowest BCUT2D eigenvalue weighted by molar-refractivity contribution is -0.0422. The zero-order valence-electron chi connectivity index (χ0n) is 21.5. The van der Waals surface area contributed by atoms with Gasteiger partial charge in [-0.2, -0.15) is 8.42 Å². The van der Waals surface area contributed by atoms with Gasteiger partial charge in [0.25, 0.3) is 10.1 Å². The Bertz CT molecular complexity index is 1390. The summed E-state index contributed by atoms with van der Waals surface area (Å²) < 4.78 is 29.6. The van der Waals surface area contributed by atoms with Gasteiger partial charge in [0.05, 0.1) is 4.90 Å². The first-order valence-electron chi connectivity index (χ1n) is 13.1. The van der Waals surface area contributed by atoms with E-state index in [0.717, 1.165) is 37.2 Å². The van der Waals surface area contributed by atoms with Crippen LogP contribution < -0.4 is 0 Å². The van der Waals surface area contributed by atoms with Crippen LogP contribution in [0.2, 0.25) is 0 Å². The van der Waals surface area contributed by atoms with Gasteiger partial charge >= 0.3 is 6.09 Å². The zero-order valence-corrected chi connectivity index (χ0v) is 22.3. The molecule has 0 unspecified atom stereocenters. The fraction of sp³-hybridized carbons (Fsp3) is 0.367. The molecule has 200 valence electrons. The molecule has 4 aliphatic heterocycles. The lowest BCUT2D eigenvalue weighted by Crippen LogP contribution is -2.64. The molecule has 3 fully saturated rings. The average Bonchev–Trinajstić information content (AvgIpc) is 2.93. The molecule has 7 nitrogen and oxygen atoms in total. The lowest BCUT2D eigenvalue weighted by atomic mass is 9.60. The van der Waals surface area contributed by atoms with Gasteiger partial charge in [-0.1, -0.05) is 72.3 Å². The Labute approximate surface area is 224 Å². The van der Waals surface area contributed by atoms with Crippen molar-refractivity contribution in [2.24, 2.45) is 11.8 Å². The number of hydrogen-bond acceptors (Lipinski definition) is 4. The summed E-state index contributed by atoms with van der Waals surface area (Å²) in [5.41, 5.74) is 3.99. The number of carboxylic acid groups (broad SMARTS) is 1. The molecular weight excluding hydrogens is 500 g/mol. The number of carbonyl (C=O) groups is 1. The van der Waals surface area contributed by atoms with Crippen molar-refractivity contribution in [3.8, 4) is 0 Å². The Hall–Kier alpha value is -3.20. The summed E-state index contributed by atoms with van der Waals surface area (Å²) in [6.45, 7) is 5.69. The van der Waals surface area contributed by atoms with Crippen molar-refractivity contribution in [2.75, 3.05) is 26.2 Å². The highest BCUT2D eigenvalue weighted by Gasteiger charge is 2.56. The molecule has 0 aromatic heterocycles. The van der Waals surface area contributed by atoms with E-state index in [2.05, 4.69) is 53.4 Å². The van der Waals surface area contributed by atoms with Gasteiger partial charge in [0.15, 0.2) is 0 Å². The van der Waals surface area contributed by atoms with Crippen molar-refractivity contribution >= 4 is 16.2 Å². The van der Waals surface area contributed by atoms with Gasteiger partial charge in [0, 0.05) is 19.0 Å². The largest absolute Gasteiger partial charge is 0.465 e. The van der Waals surface area contributed by atoms with Crippen LogP contribution in [0, 0.1) is 18.8 Å². The Morgan fingerprint density at radius 1 is 0.895 bits per heavy atom. The third kappa shape index (κ3) is 4.84. The summed E-state index contributed by atoms with van der Waals surface area (Å²) in [7, 11) is -4.02. The SMILES string of the molecule is Cc1ccc(S(=O)(=O)O)cc1.O=C(O)N1CCc2ccccc2[C@]1(c1ccccc1)[C@H]1CN2CCC1CC2. The van der Waals surface area contributed by atoms with E-state index < -0.39 is 21.8 Å². The van der Waals surface area contributed by atoms with Crippen LogP contribution in [0.3, 0.4) is 0 Å². The summed E-state index contributed by atoms with van der Waals surface area (Å²) in [6.07, 6.45) is 2.34. The van der Waals surface area contributed by atoms with Gasteiger partial charge in [0.2, 0.25) is 0 Å². The van der Waals surface area contributed by atoms with Gasteiger partial charge in [-0.15, -0.1) is 0 Å². The van der Waals surface area contributed by atoms with Gasteiger partial charge in [-0.25, -0.2) is 4.79 Å². The molecule has 0 radical (unpaired) electrons. The maximum atomic E-state index is 12.5. The molecule has 4 heterocycles. The fourth-order valence-corrected chi connectivity index (χ4v) is 7.16. The van der Waals surface area contributed by atoms with Crippen molar-refractivity contribution < 1.29 is 22.9 Å². The summed E-state index contributed by atoms with van der Waals surface area (Å²) >= 11 is 0. The minimum Gasteiger partial charge on any atom is -0.465 e. The Kier molecular flexibility index (Phi) is 7.31.